The maximum atomic E-state index is 13.5. The van der Waals surface area contributed by atoms with E-state index in [1.54, 1.807) is 0 Å². The fourth-order valence-corrected chi connectivity index (χ4v) is 3.00. The third-order valence-corrected chi connectivity index (χ3v) is 4.37. The highest BCUT2D eigenvalue weighted by molar-refractivity contribution is 6.46. The van der Waals surface area contributed by atoms with Gasteiger partial charge in [0.25, 0.3) is 0 Å². The molecule has 1 aromatic carbocycles. The van der Waals surface area contributed by atoms with E-state index in [-0.39, 0.29) is 34.6 Å². The van der Waals surface area contributed by atoms with E-state index in [0.29, 0.717) is 0 Å². The van der Waals surface area contributed by atoms with E-state index < -0.39 is 11.6 Å². The number of aliphatic imine (C=N–C) groups is 1. The van der Waals surface area contributed by atoms with Gasteiger partial charge in [0.2, 0.25) is 5.78 Å². The molecule has 26 heavy (non-hydrogen) atoms. The van der Waals surface area contributed by atoms with Gasteiger partial charge >= 0.3 is 0 Å². The van der Waals surface area contributed by atoms with Crippen molar-refractivity contribution in [2.24, 2.45) is 4.99 Å². The number of hydrogen-bond donors (Lipinski definition) is 1. The minimum Gasteiger partial charge on any atom is -0.496 e. The first kappa shape index (κ1) is 17.6. The van der Waals surface area contributed by atoms with Crippen LogP contribution in [0, 0.1) is 17.1 Å². The molecule has 1 aliphatic carbocycles. The number of nitrogens with two attached hydrogens (primary N) is 1. The molecule has 1 aromatic heterocycles. The average Bonchev–Trinajstić information content (AvgIpc) is 3.28. The van der Waals surface area contributed by atoms with E-state index in [1.807, 2.05) is 6.07 Å². The summed E-state index contributed by atoms with van der Waals surface area (Å²) < 4.78 is 19.8. The van der Waals surface area contributed by atoms with Gasteiger partial charge in [-0.15, -0.1) is 0 Å². The molecule has 2 N–H and O–H groups in total. The first-order valence-electron chi connectivity index (χ1n) is 8.25. The van der Waals surface area contributed by atoms with Crippen molar-refractivity contribution in [1.29, 1.82) is 5.26 Å². The zero-order chi connectivity index (χ0) is 18.7. The summed E-state index contributed by atoms with van der Waals surface area (Å²) in [4.78, 5) is 17.7. The molecule has 1 aliphatic rings. The number of aromatic nitrogens is 2. The highest BCUT2D eigenvalue weighted by Gasteiger charge is 2.26. The lowest BCUT2D eigenvalue weighted by Crippen LogP contribution is -2.28. The molecule has 2 aromatic rings. The number of benzene rings is 1. The molecule has 0 aliphatic heterocycles. The Bertz CT molecular complexity index is 907. The second kappa shape index (κ2) is 7.35. The first-order valence-corrected chi connectivity index (χ1v) is 8.25. The van der Waals surface area contributed by atoms with Crippen molar-refractivity contribution in [2.75, 3.05) is 12.8 Å². The first-order chi connectivity index (χ1) is 12.5. The van der Waals surface area contributed by atoms with E-state index in [9.17, 15) is 9.18 Å². The van der Waals surface area contributed by atoms with Crippen molar-refractivity contribution in [2.45, 2.75) is 31.7 Å². The molecule has 0 amide bonds. The minimum absolute atomic E-state index is 0.000748. The monoisotopic (exact) mass is 355 g/mol. The Hall–Kier alpha value is -3.21. The van der Waals surface area contributed by atoms with Crippen LogP contribution in [-0.4, -0.2) is 34.6 Å². The molecule has 1 heterocycles. The highest BCUT2D eigenvalue weighted by atomic mass is 19.1. The van der Waals surface area contributed by atoms with E-state index >= 15 is 0 Å². The fourth-order valence-electron chi connectivity index (χ4n) is 3.00. The van der Waals surface area contributed by atoms with Gasteiger partial charge in [-0.05, 0) is 25.0 Å². The van der Waals surface area contributed by atoms with Gasteiger partial charge in [-0.25, -0.2) is 4.39 Å². The standard InChI is InChI=1S/C18H18FN5O2/c1-26-15-8-12(19)6-7-14(15)16(25)18(23-13-4-2-3-5-13)24-17(21)11(9-20)10-22-24/h6-8,10,13H,2-5,21H2,1H3/b23-18+. The zero-order valence-electron chi connectivity index (χ0n) is 14.3. The van der Waals surface area contributed by atoms with E-state index in [1.165, 1.54) is 30.1 Å². The smallest absolute Gasteiger partial charge is 0.233 e. The number of rotatable bonds is 4. The predicted octanol–water partition coefficient (Wildman–Crippen LogP) is 2.56. The molecule has 3 rings (SSSR count). The van der Waals surface area contributed by atoms with Gasteiger partial charge in [-0.1, -0.05) is 12.8 Å². The Kier molecular flexibility index (Phi) is 4.98. The maximum Gasteiger partial charge on any atom is 0.233 e. The van der Waals surface area contributed by atoms with E-state index in [4.69, 9.17) is 15.7 Å². The number of carbonyl (C=O) groups excluding carboxylic acids is 1. The second-order valence-corrected chi connectivity index (χ2v) is 6.03. The number of hydrogen-bond acceptors (Lipinski definition) is 6. The van der Waals surface area contributed by atoms with Crippen LogP contribution in [0.2, 0.25) is 0 Å². The van der Waals surface area contributed by atoms with Crippen LogP contribution in [0.3, 0.4) is 0 Å². The Labute approximate surface area is 149 Å². The van der Waals surface area contributed by atoms with Gasteiger partial charge in [0.15, 0.2) is 5.84 Å². The van der Waals surface area contributed by atoms with Crippen LogP contribution in [0.15, 0.2) is 29.4 Å². The largest absolute Gasteiger partial charge is 0.496 e. The molecule has 0 atom stereocenters. The number of carbonyl (C=O) groups is 1. The number of nitriles is 1. The van der Waals surface area contributed by atoms with E-state index in [2.05, 4.69) is 10.1 Å². The topological polar surface area (TPSA) is 106 Å². The molecule has 0 unspecified atom stereocenters. The van der Waals surface area contributed by atoms with Crippen LogP contribution in [0.4, 0.5) is 10.2 Å². The second-order valence-electron chi connectivity index (χ2n) is 6.03. The Balaban J connectivity index is 2.10. The highest BCUT2D eigenvalue weighted by Crippen LogP contribution is 2.25. The molecule has 0 spiro atoms. The van der Waals surface area contributed by atoms with Crippen molar-refractivity contribution in [3.8, 4) is 11.8 Å². The number of halogens is 1. The van der Waals surface area contributed by atoms with Crippen LogP contribution in [0.1, 0.15) is 41.6 Å². The number of nitrogens with zero attached hydrogens (tertiary/aromatic N) is 4. The molecular formula is C18H18FN5O2. The Morgan fingerprint density at radius 2 is 2.19 bits per heavy atom. The summed E-state index contributed by atoms with van der Waals surface area (Å²) >= 11 is 0. The summed E-state index contributed by atoms with van der Waals surface area (Å²) in [5.41, 5.74) is 6.26. The summed E-state index contributed by atoms with van der Waals surface area (Å²) in [6.45, 7) is 0. The predicted molar refractivity (Wildman–Crippen MR) is 93.7 cm³/mol. The van der Waals surface area contributed by atoms with Gasteiger partial charge in [0, 0.05) is 6.07 Å². The summed E-state index contributed by atoms with van der Waals surface area (Å²) in [5, 5.41) is 13.1. The average molecular weight is 355 g/mol. The SMILES string of the molecule is COc1cc(F)ccc1C(=O)/C(=N\C1CCCC1)n1ncc(C#N)c1N. The van der Waals surface area contributed by atoms with Gasteiger partial charge in [-0.3, -0.25) is 9.79 Å². The number of Topliss-reactive ketones (excluding diaryl/α,β-unsaturated/α-hetero) is 1. The minimum atomic E-state index is -0.516. The number of nitrogen functional groups attached to an aromatic ring is 1. The molecule has 0 radical (unpaired) electrons. The molecular weight excluding hydrogens is 337 g/mol. The normalized spacial score (nSPS) is 15.0. The summed E-state index contributed by atoms with van der Waals surface area (Å²) in [5.74, 6) is -0.870. The Morgan fingerprint density at radius 1 is 1.46 bits per heavy atom. The molecule has 0 bridgehead atoms. The van der Waals surface area contributed by atoms with Crippen molar-refractivity contribution in [1.82, 2.24) is 9.78 Å². The lowest BCUT2D eigenvalue weighted by atomic mass is 10.1. The number of ether oxygens (including phenoxy) is 1. The van der Waals surface area contributed by atoms with Crippen LogP contribution in [0.25, 0.3) is 0 Å². The Morgan fingerprint density at radius 3 is 2.81 bits per heavy atom. The van der Waals surface area contributed by atoms with Gasteiger partial charge < -0.3 is 10.5 Å². The molecule has 134 valence electrons. The number of ketones is 1. The lowest BCUT2D eigenvalue weighted by Gasteiger charge is -2.13. The van der Waals surface area contributed by atoms with E-state index in [0.717, 1.165) is 31.7 Å². The van der Waals surface area contributed by atoms with Crippen LogP contribution in [-0.2, 0) is 0 Å². The maximum absolute atomic E-state index is 13.5. The molecule has 7 nitrogen and oxygen atoms in total. The quantitative estimate of drug-likeness (QED) is 0.515. The fraction of sp³-hybridized carbons (Fsp3) is 0.333. The third kappa shape index (κ3) is 3.28. The van der Waals surface area contributed by atoms with Gasteiger partial charge in [0.05, 0.1) is 24.9 Å². The summed E-state index contributed by atoms with van der Waals surface area (Å²) in [6.07, 6.45) is 5.09. The van der Waals surface area contributed by atoms with Crippen molar-refractivity contribution >= 4 is 17.4 Å². The number of anilines is 1. The van der Waals surface area contributed by atoms with Crippen LogP contribution in [0.5, 0.6) is 5.75 Å². The van der Waals surface area contributed by atoms with Crippen molar-refractivity contribution in [3.05, 3.63) is 41.3 Å². The third-order valence-electron chi connectivity index (χ3n) is 4.37. The van der Waals surface area contributed by atoms with Gasteiger partial charge in [-0.2, -0.15) is 15.0 Å². The molecule has 1 fully saturated rings. The summed E-state index contributed by atoms with van der Waals surface area (Å²) in [6, 6.07) is 5.55. The number of methoxy groups -OCH3 is 1. The van der Waals surface area contributed by atoms with Gasteiger partial charge in [0.1, 0.15) is 29.0 Å². The molecule has 8 heteroatoms. The van der Waals surface area contributed by atoms with Crippen molar-refractivity contribution in [3.63, 3.8) is 0 Å². The lowest BCUT2D eigenvalue weighted by molar-refractivity contribution is 0.105. The van der Waals surface area contributed by atoms with Crippen molar-refractivity contribution < 1.29 is 13.9 Å². The molecule has 1 saturated carbocycles. The summed E-state index contributed by atoms with van der Waals surface area (Å²) in [7, 11) is 1.36. The molecule has 0 saturated heterocycles. The van der Waals surface area contributed by atoms with Crippen LogP contribution >= 0.6 is 0 Å². The van der Waals surface area contributed by atoms with Crippen LogP contribution < -0.4 is 10.5 Å². The zero-order valence-corrected chi connectivity index (χ0v) is 14.3.